The van der Waals surface area contributed by atoms with Crippen molar-refractivity contribution in [1.82, 2.24) is 0 Å². The van der Waals surface area contributed by atoms with Gasteiger partial charge in [0.05, 0.1) is 5.41 Å². The van der Waals surface area contributed by atoms with Crippen LogP contribution < -0.4 is 4.90 Å². The molecule has 0 saturated heterocycles. The highest BCUT2D eigenvalue weighted by Gasteiger charge is 2.29. The van der Waals surface area contributed by atoms with Gasteiger partial charge in [0.25, 0.3) is 0 Å². The van der Waals surface area contributed by atoms with E-state index in [0.717, 1.165) is 5.69 Å². The summed E-state index contributed by atoms with van der Waals surface area (Å²) in [6.45, 7) is 10.4. The van der Waals surface area contributed by atoms with Crippen LogP contribution in [0, 0.1) is 12.3 Å². The molecule has 0 fully saturated rings. The number of carbonyl (C=O) groups is 1. The fourth-order valence-corrected chi connectivity index (χ4v) is 2.14. The zero-order valence-electron chi connectivity index (χ0n) is 12.8. The molecule has 0 bridgehead atoms. The summed E-state index contributed by atoms with van der Waals surface area (Å²) >= 11 is 0. The van der Waals surface area contributed by atoms with Gasteiger partial charge < -0.3 is 10.0 Å². The molecule has 1 rings (SSSR count). The molecule has 0 saturated carbocycles. The maximum Gasteiger partial charge on any atom is 0.310 e. The molecule has 0 spiro atoms. The third-order valence-electron chi connectivity index (χ3n) is 3.52. The van der Waals surface area contributed by atoms with Crippen molar-refractivity contribution >= 4 is 11.7 Å². The van der Waals surface area contributed by atoms with Crippen LogP contribution in [0.3, 0.4) is 0 Å². The lowest BCUT2D eigenvalue weighted by Crippen LogP contribution is -2.37. The molecule has 0 aromatic heterocycles. The minimum atomic E-state index is -0.767. The molecule has 1 N–H and O–H groups in total. The van der Waals surface area contributed by atoms with Gasteiger partial charge in [0.15, 0.2) is 0 Å². The monoisotopic (exact) mass is 263 g/mol. The standard InChI is InChI=1S/C16H25NO2/c1-11(2)13-8-7-12(3)14(9-13)17(6)10-16(4,5)15(18)19/h7-9,11H,10H2,1-6H3,(H,18,19). The lowest BCUT2D eigenvalue weighted by molar-refractivity contribution is -0.146. The van der Waals surface area contributed by atoms with E-state index in [-0.39, 0.29) is 0 Å². The average molecular weight is 263 g/mol. The fraction of sp³-hybridized carbons (Fsp3) is 0.562. The molecule has 0 aliphatic heterocycles. The number of hydrogen-bond acceptors (Lipinski definition) is 2. The third kappa shape index (κ3) is 3.72. The number of anilines is 1. The van der Waals surface area contributed by atoms with Crippen molar-refractivity contribution in [3.8, 4) is 0 Å². The highest BCUT2D eigenvalue weighted by atomic mass is 16.4. The zero-order chi connectivity index (χ0) is 14.8. The number of hydrogen-bond donors (Lipinski definition) is 1. The topological polar surface area (TPSA) is 40.5 Å². The molecule has 1 aromatic carbocycles. The van der Waals surface area contributed by atoms with Crippen LogP contribution in [-0.4, -0.2) is 24.7 Å². The van der Waals surface area contributed by atoms with Crippen molar-refractivity contribution in [2.45, 2.75) is 40.5 Å². The normalized spacial score (nSPS) is 11.7. The Kier molecular flexibility index (Phi) is 4.61. The first-order valence-electron chi connectivity index (χ1n) is 6.70. The number of carboxylic acids is 1. The quantitative estimate of drug-likeness (QED) is 0.881. The Morgan fingerprint density at radius 1 is 1.37 bits per heavy atom. The average Bonchev–Trinajstić information content (AvgIpc) is 2.28. The van der Waals surface area contributed by atoms with Crippen molar-refractivity contribution in [3.05, 3.63) is 29.3 Å². The number of aliphatic carboxylic acids is 1. The van der Waals surface area contributed by atoms with Gasteiger partial charge in [-0.2, -0.15) is 0 Å². The van der Waals surface area contributed by atoms with Crippen molar-refractivity contribution in [2.24, 2.45) is 5.41 Å². The van der Waals surface area contributed by atoms with Gasteiger partial charge >= 0.3 is 5.97 Å². The Morgan fingerprint density at radius 2 is 1.95 bits per heavy atom. The summed E-state index contributed by atoms with van der Waals surface area (Å²) in [6, 6.07) is 6.41. The summed E-state index contributed by atoms with van der Waals surface area (Å²) in [5.74, 6) is -0.294. The molecule has 3 heteroatoms. The van der Waals surface area contributed by atoms with Crippen molar-refractivity contribution in [1.29, 1.82) is 0 Å². The van der Waals surface area contributed by atoms with Crippen molar-refractivity contribution < 1.29 is 9.90 Å². The van der Waals surface area contributed by atoms with Crippen LogP contribution in [0.25, 0.3) is 0 Å². The van der Waals surface area contributed by atoms with E-state index in [1.165, 1.54) is 11.1 Å². The van der Waals surface area contributed by atoms with E-state index in [1.54, 1.807) is 13.8 Å². The molecule has 19 heavy (non-hydrogen) atoms. The van der Waals surface area contributed by atoms with Crippen LogP contribution in [0.15, 0.2) is 18.2 Å². The summed E-state index contributed by atoms with van der Waals surface area (Å²) in [7, 11) is 1.96. The molecule has 0 radical (unpaired) electrons. The van der Waals surface area contributed by atoms with Crippen molar-refractivity contribution in [3.63, 3.8) is 0 Å². The number of benzene rings is 1. The first kappa shape index (κ1) is 15.5. The number of carboxylic acid groups (broad SMARTS) is 1. The Morgan fingerprint density at radius 3 is 2.42 bits per heavy atom. The van der Waals surface area contributed by atoms with Crippen molar-refractivity contribution in [2.75, 3.05) is 18.5 Å². The Balaban J connectivity index is 3.02. The van der Waals surface area contributed by atoms with Crippen LogP contribution in [0.5, 0.6) is 0 Å². The van der Waals surface area contributed by atoms with E-state index in [0.29, 0.717) is 12.5 Å². The van der Waals surface area contributed by atoms with Gasteiger partial charge in [-0.25, -0.2) is 0 Å². The number of rotatable bonds is 5. The summed E-state index contributed by atoms with van der Waals surface area (Å²) in [5.41, 5.74) is 2.81. The zero-order valence-corrected chi connectivity index (χ0v) is 12.8. The second kappa shape index (κ2) is 5.64. The van der Waals surface area contributed by atoms with Gasteiger partial charge in [0, 0.05) is 19.3 Å². The van der Waals surface area contributed by atoms with Crippen LogP contribution in [0.1, 0.15) is 44.7 Å². The fourth-order valence-electron chi connectivity index (χ4n) is 2.14. The van der Waals surface area contributed by atoms with E-state index >= 15 is 0 Å². The largest absolute Gasteiger partial charge is 0.481 e. The molecule has 3 nitrogen and oxygen atoms in total. The second-order valence-electron chi connectivity index (χ2n) is 6.25. The van der Waals surface area contributed by atoms with Gasteiger partial charge in [-0.05, 0) is 43.9 Å². The number of aryl methyl sites for hydroxylation is 1. The van der Waals surface area contributed by atoms with Gasteiger partial charge in [-0.1, -0.05) is 26.0 Å². The lowest BCUT2D eigenvalue weighted by Gasteiger charge is -2.29. The van der Waals surface area contributed by atoms with Gasteiger partial charge in [-0.15, -0.1) is 0 Å². The molecule has 0 atom stereocenters. The Bertz CT molecular complexity index is 464. The minimum absolute atomic E-state index is 0.472. The molecule has 0 aliphatic rings. The maximum atomic E-state index is 11.2. The predicted octanol–water partition coefficient (Wildman–Crippen LogP) is 3.67. The lowest BCUT2D eigenvalue weighted by atomic mass is 9.92. The van der Waals surface area contributed by atoms with E-state index in [9.17, 15) is 9.90 Å². The number of nitrogens with zero attached hydrogens (tertiary/aromatic N) is 1. The first-order valence-corrected chi connectivity index (χ1v) is 6.70. The summed E-state index contributed by atoms with van der Waals surface area (Å²) in [6.07, 6.45) is 0. The molecule has 0 amide bonds. The molecule has 1 aromatic rings. The third-order valence-corrected chi connectivity index (χ3v) is 3.52. The SMILES string of the molecule is Cc1ccc(C(C)C)cc1N(C)CC(C)(C)C(=O)O. The van der Waals surface area contributed by atoms with E-state index < -0.39 is 11.4 Å². The highest BCUT2D eigenvalue weighted by molar-refractivity contribution is 5.74. The molecule has 0 aliphatic carbocycles. The molecular formula is C16H25NO2. The van der Waals surface area contributed by atoms with Crippen LogP contribution in [0.2, 0.25) is 0 Å². The second-order valence-corrected chi connectivity index (χ2v) is 6.25. The summed E-state index contributed by atoms with van der Waals surface area (Å²) < 4.78 is 0. The summed E-state index contributed by atoms with van der Waals surface area (Å²) in [5, 5.41) is 9.22. The van der Waals surface area contributed by atoms with Crippen LogP contribution in [-0.2, 0) is 4.79 Å². The molecule has 0 unspecified atom stereocenters. The highest BCUT2D eigenvalue weighted by Crippen LogP contribution is 2.27. The first-order chi connectivity index (χ1) is 8.65. The van der Waals surface area contributed by atoms with Crippen LogP contribution >= 0.6 is 0 Å². The maximum absolute atomic E-state index is 11.2. The Hall–Kier alpha value is -1.51. The van der Waals surface area contributed by atoms with Gasteiger partial charge in [0.2, 0.25) is 0 Å². The van der Waals surface area contributed by atoms with E-state index in [2.05, 4.69) is 39.0 Å². The molecule has 0 heterocycles. The van der Waals surface area contributed by atoms with E-state index in [1.807, 2.05) is 11.9 Å². The predicted molar refractivity (Wildman–Crippen MR) is 80.0 cm³/mol. The summed E-state index contributed by atoms with van der Waals surface area (Å²) in [4.78, 5) is 13.3. The minimum Gasteiger partial charge on any atom is -0.481 e. The Labute approximate surface area is 116 Å². The van der Waals surface area contributed by atoms with Gasteiger partial charge in [0.1, 0.15) is 0 Å². The van der Waals surface area contributed by atoms with E-state index in [4.69, 9.17) is 0 Å². The van der Waals surface area contributed by atoms with Crippen LogP contribution in [0.4, 0.5) is 5.69 Å². The van der Waals surface area contributed by atoms with Gasteiger partial charge in [-0.3, -0.25) is 4.79 Å². The smallest absolute Gasteiger partial charge is 0.310 e. The molecular weight excluding hydrogens is 238 g/mol. The molecule has 106 valence electrons.